The number of benzene rings is 1. The van der Waals surface area contributed by atoms with Gasteiger partial charge in [-0.05, 0) is 51.9 Å². The summed E-state index contributed by atoms with van der Waals surface area (Å²) in [7, 11) is 1.51. The Morgan fingerprint density at radius 2 is 2.19 bits per heavy atom. The standard InChI is InChI=1S/C11H8BrF3N4OS/c1-20-8-3-2-6(4-7(8)12)5-16-19-9(11(13,14)15)17-18-10(19)21/h2-5H,1H3,(H,18,21)/b16-5-. The minimum atomic E-state index is -4.65. The van der Waals surface area contributed by atoms with Crippen molar-refractivity contribution in [2.24, 2.45) is 5.10 Å². The molecule has 1 heterocycles. The molecular weight excluding hydrogens is 373 g/mol. The highest BCUT2D eigenvalue weighted by Gasteiger charge is 2.37. The van der Waals surface area contributed by atoms with Gasteiger partial charge in [0.1, 0.15) is 5.75 Å². The summed E-state index contributed by atoms with van der Waals surface area (Å²) in [5.74, 6) is -0.612. The number of nitrogens with one attached hydrogen (secondary N) is 1. The molecule has 0 amide bonds. The molecule has 0 saturated carbocycles. The summed E-state index contributed by atoms with van der Waals surface area (Å²) in [6.45, 7) is 0. The largest absolute Gasteiger partial charge is 0.496 e. The van der Waals surface area contributed by atoms with Crippen LogP contribution in [0.2, 0.25) is 0 Å². The van der Waals surface area contributed by atoms with Crippen LogP contribution in [0.1, 0.15) is 11.4 Å². The van der Waals surface area contributed by atoms with Gasteiger partial charge in [-0.1, -0.05) is 0 Å². The third-order valence-electron chi connectivity index (χ3n) is 2.40. The van der Waals surface area contributed by atoms with Gasteiger partial charge in [0.15, 0.2) is 0 Å². The van der Waals surface area contributed by atoms with Crippen LogP contribution in [0.5, 0.6) is 5.75 Å². The van der Waals surface area contributed by atoms with E-state index in [1.807, 2.05) is 0 Å². The number of nitrogens with zero attached hydrogens (tertiary/aromatic N) is 3. The molecule has 112 valence electrons. The Hall–Kier alpha value is -1.68. The zero-order chi connectivity index (χ0) is 15.6. The molecule has 0 spiro atoms. The first-order chi connectivity index (χ1) is 9.82. The normalized spacial score (nSPS) is 12.0. The van der Waals surface area contributed by atoms with Crippen LogP contribution in [0, 0.1) is 4.77 Å². The molecule has 2 rings (SSSR count). The van der Waals surface area contributed by atoms with Gasteiger partial charge in [0, 0.05) is 0 Å². The minimum Gasteiger partial charge on any atom is -0.496 e. The zero-order valence-electron chi connectivity index (χ0n) is 10.5. The predicted octanol–water partition coefficient (Wildman–Crippen LogP) is 3.61. The molecule has 0 bridgehead atoms. The average molecular weight is 381 g/mol. The van der Waals surface area contributed by atoms with Gasteiger partial charge in [-0.15, -0.1) is 5.10 Å². The van der Waals surface area contributed by atoms with E-state index in [0.29, 0.717) is 20.5 Å². The van der Waals surface area contributed by atoms with E-state index >= 15 is 0 Å². The fourth-order valence-corrected chi connectivity index (χ4v) is 2.21. The smallest absolute Gasteiger partial charge is 0.453 e. The van der Waals surface area contributed by atoms with Gasteiger partial charge in [0.2, 0.25) is 4.77 Å². The molecule has 0 aliphatic rings. The number of aromatic amines is 1. The quantitative estimate of drug-likeness (QED) is 0.653. The molecule has 0 fully saturated rings. The van der Waals surface area contributed by atoms with Crippen molar-refractivity contribution in [3.8, 4) is 5.75 Å². The molecule has 0 saturated heterocycles. The fourth-order valence-electron chi connectivity index (χ4n) is 1.47. The van der Waals surface area contributed by atoms with Crippen molar-refractivity contribution >= 4 is 34.4 Å². The van der Waals surface area contributed by atoms with Crippen LogP contribution >= 0.6 is 28.1 Å². The summed E-state index contributed by atoms with van der Waals surface area (Å²) in [5, 5.41) is 8.90. The lowest BCUT2D eigenvalue weighted by atomic mass is 10.2. The van der Waals surface area contributed by atoms with E-state index in [9.17, 15) is 13.2 Å². The molecule has 5 nitrogen and oxygen atoms in total. The van der Waals surface area contributed by atoms with Gasteiger partial charge < -0.3 is 4.74 Å². The topological polar surface area (TPSA) is 55.2 Å². The predicted molar refractivity (Wildman–Crippen MR) is 76.1 cm³/mol. The van der Waals surface area contributed by atoms with E-state index in [0.717, 1.165) is 0 Å². The van der Waals surface area contributed by atoms with Crippen molar-refractivity contribution < 1.29 is 17.9 Å². The highest BCUT2D eigenvalue weighted by Crippen LogP contribution is 2.28. The SMILES string of the molecule is COc1ccc(/C=N\n2c(C(F)(F)F)n[nH]c2=S)cc1Br. The molecule has 1 N–H and O–H groups in total. The van der Waals surface area contributed by atoms with Crippen molar-refractivity contribution in [2.75, 3.05) is 7.11 Å². The molecule has 10 heteroatoms. The summed E-state index contributed by atoms with van der Waals surface area (Å²) in [6.07, 6.45) is -3.41. The van der Waals surface area contributed by atoms with Crippen molar-refractivity contribution in [3.63, 3.8) is 0 Å². The van der Waals surface area contributed by atoms with Gasteiger partial charge in [0.25, 0.3) is 5.82 Å². The Morgan fingerprint density at radius 3 is 2.76 bits per heavy atom. The minimum absolute atomic E-state index is 0.244. The van der Waals surface area contributed by atoms with Crippen LogP contribution in [0.3, 0.4) is 0 Å². The summed E-state index contributed by atoms with van der Waals surface area (Å²) < 4.78 is 44.1. The van der Waals surface area contributed by atoms with E-state index < -0.39 is 12.0 Å². The van der Waals surface area contributed by atoms with Crippen LogP contribution in [-0.2, 0) is 6.18 Å². The first-order valence-electron chi connectivity index (χ1n) is 5.45. The number of hydrogen-bond acceptors (Lipinski definition) is 4. The van der Waals surface area contributed by atoms with E-state index in [1.165, 1.54) is 13.3 Å². The summed E-state index contributed by atoms with van der Waals surface area (Å²) >= 11 is 8.00. The van der Waals surface area contributed by atoms with E-state index in [-0.39, 0.29) is 4.77 Å². The number of methoxy groups -OCH3 is 1. The summed E-state index contributed by atoms with van der Waals surface area (Å²) in [6, 6.07) is 4.95. The number of halogens is 4. The number of ether oxygens (including phenoxy) is 1. The molecule has 1 aromatic heterocycles. The number of alkyl halides is 3. The third kappa shape index (κ3) is 3.50. The Balaban J connectivity index is 2.36. The second kappa shape index (κ2) is 5.98. The maximum absolute atomic E-state index is 12.7. The van der Waals surface area contributed by atoms with Crippen LogP contribution in [0.4, 0.5) is 13.2 Å². The van der Waals surface area contributed by atoms with Crippen molar-refractivity contribution in [3.05, 3.63) is 38.8 Å². The number of rotatable bonds is 3. The second-order valence-electron chi connectivity index (χ2n) is 3.80. The summed E-state index contributed by atoms with van der Waals surface area (Å²) in [4.78, 5) is 0. The van der Waals surface area contributed by atoms with Gasteiger partial charge in [-0.2, -0.15) is 22.9 Å². The van der Waals surface area contributed by atoms with Crippen molar-refractivity contribution in [2.45, 2.75) is 6.18 Å². The van der Waals surface area contributed by atoms with Crippen molar-refractivity contribution in [1.29, 1.82) is 0 Å². The zero-order valence-corrected chi connectivity index (χ0v) is 12.9. The summed E-state index contributed by atoms with van der Waals surface area (Å²) in [5.41, 5.74) is 0.568. The number of H-pyrrole nitrogens is 1. The lowest BCUT2D eigenvalue weighted by Crippen LogP contribution is -2.12. The number of hydrogen-bond donors (Lipinski definition) is 1. The van der Waals surface area contributed by atoms with Crippen LogP contribution < -0.4 is 4.74 Å². The molecular formula is C11H8BrF3N4OS. The lowest BCUT2D eigenvalue weighted by molar-refractivity contribution is -0.147. The molecule has 0 unspecified atom stereocenters. The molecule has 0 atom stereocenters. The Morgan fingerprint density at radius 1 is 1.48 bits per heavy atom. The average Bonchev–Trinajstić information content (AvgIpc) is 2.77. The van der Waals surface area contributed by atoms with Gasteiger partial charge in [-0.25, -0.2) is 5.10 Å². The highest BCUT2D eigenvalue weighted by atomic mass is 79.9. The van der Waals surface area contributed by atoms with E-state index in [2.05, 4.69) is 31.2 Å². The molecule has 1 aromatic carbocycles. The first-order valence-corrected chi connectivity index (χ1v) is 6.65. The molecule has 2 aromatic rings. The Bertz CT molecular complexity index is 738. The lowest BCUT2D eigenvalue weighted by Gasteiger charge is -2.05. The van der Waals surface area contributed by atoms with Gasteiger partial charge in [-0.3, -0.25) is 0 Å². The number of aromatic nitrogens is 3. The van der Waals surface area contributed by atoms with Gasteiger partial charge >= 0.3 is 6.18 Å². The van der Waals surface area contributed by atoms with Gasteiger partial charge in [0.05, 0.1) is 17.8 Å². The maximum Gasteiger partial charge on any atom is 0.453 e. The van der Waals surface area contributed by atoms with Crippen LogP contribution in [0.15, 0.2) is 27.8 Å². The first kappa shape index (κ1) is 15.7. The van der Waals surface area contributed by atoms with Crippen LogP contribution in [0.25, 0.3) is 0 Å². The molecule has 0 aliphatic heterocycles. The molecule has 0 aliphatic carbocycles. The Kier molecular flexibility index (Phi) is 4.47. The van der Waals surface area contributed by atoms with E-state index in [1.54, 1.807) is 18.2 Å². The third-order valence-corrected chi connectivity index (χ3v) is 3.29. The van der Waals surface area contributed by atoms with Crippen LogP contribution in [-0.4, -0.2) is 28.2 Å². The second-order valence-corrected chi connectivity index (χ2v) is 5.04. The van der Waals surface area contributed by atoms with Crippen molar-refractivity contribution in [1.82, 2.24) is 14.9 Å². The fraction of sp³-hybridized carbons (Fsp3) is 0.182. The highest BCUT2D eigenvalue weighted by molar-refractivity contribution is 9.10. The van der Waals surface area contributed by atoms with E-state index in [4.69, 9.17) is 17.0 Å². The molecule has 0 radical (unpaired) electrons. The Labute approximate surface area is 130 Å². The monoisotopic (exact) mass is 380 g/mol. The maximum atomic E-state index is 12.7. The molecule has 21 heavy (non-hydrogen) atoms.